The molecule has 1 saturated carbocycles. The molecule has 0 bridgehead atoms. The van der Waals surface area contributed by atoms with Crippen LogP contribution in [-0.4, -0.2) is 17.8 Å². The summed E-state index contributed by atoms with van der Waals surface area (Å²) in [7, 11) is 0. The predicted molar refractivity (Wildman–Crippen MR) is 75.8 cm³/mol. The normalized spacial score (nSPS) is 19.1. The van der Waals surface area contributed by atoms with Gasteiger partial charge in [-0.05, 0) is 24.3 Å². The van der Waals surface area contributed by atoms with Crippen molar-refractivity contribution in [3.05, 3.63) is 35.9 Å². The minimum Gasteiger partial charge on any atom is -0.459 e. The quantitative estimate of drug-likeness (QED) is 0.508. The Labute approximate surface area is 119 Å². The van der Waals surface area contributed by atoms with Crippen molar-refractivity contribution >= 4 is 12.3 Å². The first kappa shape index (κ1) is 14.7. The van der Waals surface area contributed by atoms with Crippen molar-refractivity contribution in [2.45, 2.75) is 44.2 Å². The van der Waals surface area contributed by atoms with E-state index in [-0.39, 0.29) is 12.5 Å². The third-order valence-corrected chi connectivity index (χ3v) is 4.04. The maximum Gasteiger partial charge on any atom is 0.334 e. The summed E-state index contributed by atoms with van der Waals surface area (Å²) in [5.74, 6) is -0.708. The fourth-order valence-corrected chi connectivity index (χ4v) is 2.74. The largest absolute Gasteiger partial charge is 0.459 e. The van der Waals surface area contributed by atoms with Crippen molar-refractivity contribution < 1.29 is 14.3 Å². The minimum atomic E-state index is -1.49. The van der Waals surface area contributed by atoms with Crippen LogP contribution in [0.1, 0.15) is 37.7 Å². The van der Waals surface area contributed by atoms with Crippen LogP contribution in [-0.2, 0) is 20.9 Å². The molecule has 4 heteroatoms. The summed E-state index contributed by atoms with van der Waals surface area (Å²) >= 11 is 0. The van der Waals surface area contributed by atoms with E-state index in [9.17, 15) is 9.59 Å². The molecule has 0 aromatic heterocycles. The van der Waals surface area contributed by atoms with E-state index in [2.05, 4.69) is 0 Å². The zero-order valence-electron chi connectivity index (χ0n) is 11.6. The summed E-state index contributed by atoms with van der Waals surface area (Å²) in [6.45, 7) is 0.152. The molecule has 4 nitrogen and oxygen atoms in total. The maximum absolute atomic E-state index is 12.2. The first-order valence-corrected chi connectivity index (χ1v) is 7.13. The molecule has 1 aliphatic rings. The molecule has 0 saturated heterocycles. The summed E-state index contributed by atoms with van der Waals surface area (Å²) in [6.07, 6.45) is 5.37. The van der Waals surface area contributed by atoms with Gasteiger partial charge in [0.2, 0.25) is 0 Å². The zero-order chi connectivity index (χ0) is 14.4. The van der Waals surface area contributed by atoms with Crippen molar-refractivity contribution in [1.29, 1.82) is 0 Å². The second kappa shape index (κ2) is 6.66. The van der Waals surface area contributed by atoms with Gasteiger partial charge in [-0.15, -0.1) is 0 Å². The first-order valence-electron chi connectivity index (χ1n) is 7.13. The van der Waals surface area contributed by atoms with Crippen LogP contribution >= 0.6 is 0 Å². The van der Waals surface area contributed by atoms with Crippen LogP contribution in [0.25, 0.3) is 0 Å². The van der Waals surface area contributed by atoms with Gasteiger partial charge in [-0.25, -0.2) is 4.79 Å². The van der Waals surface area contributed by atoms with Crippen LogP contribution in [0.5, 0.6) is 0 Å². The average molecular weight is 275 g/mol. The summed E-state index contributed by atoms with van der Waals surface area (Å²) in [5.41, 5.74) is 5.43. The monoisotopic (exact) mass is 275 g/mol. The van der Waals surface area contributed by atoms with Gasteiger partial charge in [-0.1, -0.05) is 49.6 Å². The van der Waals surface area contributed by atoms with Crippen LogP contribution < -0.4 is 5.73 Å². The highest BCUT2D eigenvalue weighted by molar-refractivity contribution is 5.98. The lowest BCUT2D eigenvalue weighted by molar-refractivity contribution is -0.155. The van der Waals surface area contributed by atoms with E-state index >= 15 is 0 Å². The molecule has 108 valence electrons. The van der Waals surface area contributed by atoms with Crippen LogP contribution in [0, 0.1) is 5.92 Å². The molecule has 0 spiro atoms. The number of rotatable bonds is 5. The molecular formula is C16H21NO3. The van der Waals surface area contributed by atoms with Gasteiger partial charge >= 0.3 is 5.97 Å². The van der Waals surface area contributed by atoms with Gasteiger partial charge < -0.3 is 15.3 Å². The minimum absolute atomic E-state index is 0.1000. The molecule has 0 heterocycles. The molecule has 2 N–H and O–H groups in total. The number of esters is 1. The molecule has 1 fully saturated rings. The highest BCUT2D eigenvalue weighted by Crippen LogP contribution is 2.31. The maximum atomic E-state index is 12.2. The fourth-order valence-electron chi connectivity index (χ4n) is 2.74. The summed E-state index contributed by atoms with van der Waals surface area (Å²) < 4.78 is 5.24. The Balaban J connectivity index is 1.99. The van der Waals surface area contributed by atoms with Crippen LogP contribution in [0.15, 0.2) is 30.3 Å². The SMILES string of the molecule is NC(C=O)(C(=O)OCc1ccccc1)C1CCCCC1. The van der Waals surface area contributed by atoms with Gasteiger partial charge in [-0.2, -0.15) is 0 Å². The van der Waals surface area contributed by atoms with E-state index in [1.54, 1.807) is 0 Å². The third-order valence-electron chi connectivity index (χ3n) is 4.04. The Kier molecular flexibility index (Phi) is 4.90. The van der Waals surface area contributed by atoms with Crippen molar-refractivity contribution in [3.63, 3.8) is 0 Å². The number of hydrogen-bond donors (Lipinski definition) is 1. The Morgan fingerprint density at radius 1 is 1.25 bits per heavy atom. The van der Waals surface area contributed by atoms with Gasteiger partial charge in [0.1, 0.15) is 6.61 Å². The number of hydrogen-bond acceptors (Lipinski definition) is 4. The third kappa shape index (κ3) is 3.25. The van der Waals surface area contributed by atoms with Gasteiger partial charge in [0.25, 0.3) is 0 Å². The molecule has 2 rings (SSSR count). The fraction of sp³-hybridized carbons (Fsp3) is 0.500. The second-order valence-corrected chi connectivity index (χ2v) is 5.45. The van der Waals surface area contributed by atoms with E-state index < -0.39 is 11.5 Å². The molecule has 1 aromatic rings. The lowest BCUT2D eigenvalue weighted by atomic mass is 9.76. The van der Waals surface area contributed by atoms with E-state index in [4.69, 9.17) is 10.5 Å². The van der Waals surface area contributed by atoms with Crippen LogP contribution in [0.3, 0.4) is 0 Å². The number of benzene rings is 1. The van der Waals surface area contributed by atoms with Gasteiger partial charge in [0.05, 0.1) is 0 Å². The Bertz CT molecular complexity index is 454. The van der Waals surface area contributed by atoms with Gasteiger partial charge in [-0.3, -0.25) is 0 Å². The number of aldehydes is 1. The number of ether oxygens (including phenoxy) is 1. The molecule has 0 radical (unpaired) electrons. The average Bonchev–Trinajstić information content (AvgIpc) is 2.53. The van der Waals surface area contributed by atoms with Crippen LogP contribution in [0.2, 0.25) is 0 Å². The molecule has 1 atom stereocenters. The molecule has 1 aliphatic carbocycles. The molecule has 20 heavy (non-hydrogen) atoms. The summed E-state index contributed by atoms with van der Waals surface area (Å²) in [4.78, 5) is 23.5. The standard InChI is InChI=1S/C16H21NO3/c17-16(12-18,14-9-5-2-6-10-14)15(19)20-11-13-7-3-1-4-8-13/h1,3-4,7-8,12,14H,2,5-6,9-11,17H2. The highest BCUT2D eigenvalue weighted by Gasteiger charge is 2.43. The summed E-state index contributed by atoms with van der Waals surface area (Å²) in [6, 6.07) is 9.38. The lowest BCUT2D eigenvalue weighted by Gasteiger charge is -2.33. The van der Waals surface area contributed by atoms with Crippen LogP contribution in [0.4, 0.5) is 0 Å². The van der Waals surface area contributed by atoms with Crippen molar-refractivity contribution in [3.8, 4) is 0 Å². The van der Waals surface area contributed by atoms with Crippen molar-refractivity contribution in [2.24, 2.45) is 11.7 Å². The van der Waals surface area contributed by atoms with E-state index in [0.717, 1.165) is 37.7 Å². The van der Waals surface area contributed by atoms with E-state index in [1.165, 1.54) is 0 Å². The predicted octanol–water partition coefficient (Wildman–Crippen LogP) is 2.21. The lowest BCUT2D eigenvalue weighted by Crippen LogP contribution is -2.56. The first-order chi connectivity index (χ1) is 9.66. The topological polar surface area (TPSA) is 69.4 Å². The van der Waals surface area contributed by atoms with Crippen molar-refractivity contribution in [2.75, 3.05) is 0 Å². The number of carbonyl (C=O) groups excluding carboxylic acids is 2. The number of nitrogens with two attached hydrogens (primary N) is 1. The molecule has 1 unspecified atom stereocenters. The highest BCUT2D eigenvalue weighted by atomic mass is 16.5. The number of carbonyl (C=O) groups is 2. The smallest absolute Gasteiger partial charge is 0.334 e. The molecular weight excluding hydrogens is 254 g/mol. The Morgan fingerprint density at radius 2 is 1.90 bits per heavy atom. The Hall–Kier alpha value is -1.68. The van der Waals surface area contributed by atoms with E-state index in [0.29, 0.717) is 6.29 Å². The molecule has 0 amide bonds. The van der Waals surface area contributed by atoms with Gasteiger partial charge in [0.15, 0.2) is 11.8 Å². The van der Waals surface area contributed by atoms with Gasteiger partial charge in [0, 0.05) is 0 Å². The zero-order valence-corrected chi connectivity index (χ0v) is 11.6. The second-order valence-electron chi connectivity index (χ2n) is 5.45. The van der Waals surface area contributed by atoms with Crippen molar-refractivity contribution in [1.82, 2.24) is 0 Å². The van der Waals surface area contributed by atoms with E-state index in [1.807, 2.05) is 30.3 Å². The molecule has 0 aliphatic heterocycles. The Morgan fingerprint density at radius 3 is 2.50 bits per heavy atom. The molecule has 1 aromatic carbocycles. The summed E-state index contributed by atoms with van der Waals surface area (Å²) in [5, 5.41) is 0.